The van der Waals surface area contributed by atoms with E-state index in [1.165, 1.54) is 0 Å². The first kappa shape index (κ1) is 19.7. The summed E-state index contributed by atoms with van der Waals surface area (Å²) in [6.07, 6.45) is 2.00. The molecule has 3 aromatic rings. The van der Waals surface area contributed by atoms with Gasteiger partial charge in [0, 0.05) is 30.3 Å². The van der Waals surface area contributed by atoms with Gasteiger partial charge in [-0.05, 0) is 50.2 Å². The van der Waals surface area contributed by atoms with Crippen LogP contribution in [0.3, 0.4) is 0 Å². The van der Waals surface area contributed by atoms with Gasteiger partial charge in [0.05, 0.1) is 13.2 Å². The molecule has 2 amide bonds. The Morgan fingerprint density at radius 1 is 1.13 bits per heavy atom. The monoisotopic (exact) mass is 423 g/mol. The summed E-state index contributed by atoms with van der Waals surface area (Å²) in [5, 5.41) is 10.4. The number of primary amides is 1. The fourth-order valence-electron chi connectivity index (χ4n) is 4.16. The van der Waals surface area contributed by atoms with Crippen LogP contribution in [0, 0.1) is 0 Å². The van der Waals surface area contributed by atoms with Gasteiger partial charge in [-0.2, -0.15) is 0 Å². The fraction of sp³-hybridized carbons (Fsp3) is 0.429. The van der Waals surface area contributed by atoms with Crippen LogP contribution in [-0.2, 0) is 4.74 Å². The third kappa shape index (κ3) is 4.04. The molecule has 162 valence electrons. The molecule has 10 heteroatoms. The van der Waals surface area contributed by atoms with Crippen molar-refractivity contribution in [2.45, 2.75) is 18.8 Å². The van der Waals surface area contributed by atoms with Crippen LogP contribution in [0.4, 0.5) is 16.3 Å². The van der Waals surface area contributed by atoms with E-state index in [4.69, 9.17) is 25.0 Å². The van der Waals surface area contributed by atoms with E-state index < -0.39 is 6.03 Å². The molecular formula is C21H25N7O3. The highest BCUT2D eigenvalue weighted by atomic mass is 16.5. The van der Waals surface area contributed by atoms with E-state index in [9.17, 15) is 4.79 Å². The molecule has 10 nitrogen and oxygen atoms in total. The molecule has 4 N–H and O–H groups in total. The maximum Gasteiger partial charge on any atom is 0.316 e. The van der Waals surface area contributed by atoms with E-state index in [2.05, 4.69) is 20.7 Å². The van der Waals surface area contributed by atoms with Crippen LogP contribution in [-0.4, -0.2) is 60.5 Å². The van der Waals surface area contributed by atoms with Crippen molar-refractivity contribution in [1.29, 1.82) is 0 Å². The lowest BCUT2D eigenvalue weighted by Gasteiger charge is -2.27. The number of amides is 2. The van der Waals surface area contributed by atoms with Crippen LogP contribution in [0.2, 0.25) is 0 Å². The molecule has 0 saturated carbocycles. The van der Waals surface area contributed by atoms with Gasteiger partial charge in [-0.25, -0.2) is 14.8 Å². The minimum atomic E-state index is -0.601. The number of aromatic nitrogens is 3. The van der Waals surface area contributed by atoms with Crippen molar-refractivity contribution in [2.24, 2.45) is 5.73 Å². The molecule has 2 aliphatic heterocycles. The van der Waals surface area contributed by atoms with Gasteiger partial charge in [0.2, 0.25) is 5.58 Å². The lowest BCUT2D eigenvalue weighted by Crippen LogP contribution is -2.37. The molecule has 0 spiro atoms. The predicted octanol–water partition coefficient (Wildman–Crippen LogP) is 2.08. The second-order valence-corrected chi connectivity index (χ2v) is 7.81. The number of ether oxygens (including phenoxy) is 1. The minimum Gasteiger partial charge on any atom is -0.378 e. The Hall–Kier alpha value is -3.24. The van der Waals surface area contributed by atoms with Crippen LogP contribution in [0.15, 0.2) is 28.8 Å². The largest absolute Gasteiger partial charge is 0.378 e. The molecule has 1 aromatic carbocycles. The van der Waals surface area contributed by atoms with E-state index in [1.807, 2.05) is 12.1 Å². The molecule has 2 aliphatic rings. The molecule has 2 saturated heterocycles. The lowest BCUT2D eigenvalue weighted by atomic mass is 9.94. The van der Waals surface area contributed by atoms with Crippen molar-refractivity contribution in [1.82, 2.24) is 20.4 Å². The Kier molecular flexibility index (Phi) is 5.39. The second kappa shape index (κ2) is 8.48. The molecular weight excluding hydrogens is 398 g/mol. The molecule has 2 aromatic heterocycles. The summed E-state index contributed by atoms with van der Waals surface area (Å²) in [6, 6.07) is 6.70. The number of nitrogens with zero attached hydrogens (tertiary/aromatic N) is 4. The number of fused-ring (bicyclic) bond motifs is 1. The second-order valence-electron chi connectivity index (χ2n) is 7.81. The van der Waals surface area contributed by atoms with Gasteiger partial charge in [0.25, 0.3) is 0 Å². The number of hydrogen-bond acceptors (Lipinski definition) is 8. The number of morpholine rings is 1. The number of benzene rings is 1. The van der Waals surface area contributed by atoms with E-state index in [-0.39, 0.29) is 0 Å². The van der Waals surface area contributed by atoms with E-state index in [0.29, 0.717) is 36.2 Å². The lowest BCUT2D eigenvalue weighted by molar-refractivity contribution is 0.122. The molecule has 5 rings (SSSR count). The quantitative estimate of drug-likeness (QED) is 0.581. The molecule has 0 atom stereocenters. The summed E-state index contributed by atoms with van der Waals surface area (Å²) in [5.74, 6) is 1.65. The number of carbonyl (C=O) groups is 1. The van der Waals surface area contributed by atoms with Crippen molar-refractivity contribution in [2.75, 3.05) is 49.6 Å². The number of nitrogens with two attached hydrogens (primary N) is 1. The van der Waals surface area contributed by atoms with Crippen molar-refractivity contribution in [3.63, 3.8) is 0 Å². The Morgan fingerprint density at radius 2 is 1.87 bits per heavy atom. The Bertz CT molecular complexity index is 1070. The average Bonchev–Trinajstić information content (AvgIpc) is 3.24. The molecule has 2 fully saturated rings. The van der Waals surface area contributed by atoms with Gasteiger partial charge in [0.1, 0.15) is 11.2 Å². The number of rotatable bonds is 4. The smallest absolute Gasteiger partial charge is 0.316 e. The van der Waals surface area contributed by atoms with Crippen LogP contribution in [0.1, 0.15) is 24.5 Å². The molecule has 0 radical (unpaired) electrons. The Morgan fingerprint density at radius 3 is 2.58 bits per heavy atom. The number of hydrogen-bond donors (Lipinski definition) is 3. The van der Waals surface area contributed by atoms with Crippen LogP contribution < -0.4 is 21.3 Å². The Balaban J connectivity index is 1.59. The fourth-order valence-corrected chi connectivity index (χ4v) is 4.16. The van der Waals surface area contributed by atoms with Crippen molar-refractivity contribution in [3.05, 3.63) is 30.0 Å². The van der Waals surface area contributed by atoms with Gasteiger partial charge >= 0.3 is 6.03 Å². The molecule has 0 bridgehead atoms. The SMILES string of the molecule is NC(=O)Nc1ccc(-c2nc(N3CCOCC3)c3onc(C4CCNCC4)c3n2)cc1. The first-order valence-corrected chi connectivity index (χ1v) is 10.6. The normalized spacial score (nSPS) is 17.7. The van der Waals surface area contributed by atoms with Gasteiger partial charge in [-0.1, -0.05) is 5.16 Å². The standard InChI is InChI=1S/C21H25N7O3/c22-21(29)24-15-3-1-14(2-4-15)19-25-17-16(13-5-7-23-8-6-13)27-31-18(17)20(26-19)28-9-11-30-12-10-28/h1-4,13,23H,5-12H2,(H3,22,24,29). The van der Waals surface area contributed by atoms with Crippen LogP contribution in [0.5, 0.6) is 0 Å². The van der Waals surface area contributed by atoms with Gasteiger partial charge in [-0.3, -0.25) is 0 Å². The number of urea groups is 1. The number of carbonyl (C=O) groups excluding carboxylic acids is 1. The highest BCUT2D eigenvalue weighted by Crippen LogP contribution is 2.35. The zero-order valence-electron chi connectivity index (χ0n) is 17.1. The summed E-state index contributed by atoms with van der Waals surface area (Å²) in [7, 11) is 0. The first-order chi connectivity index (χ1) is 15.2. The molecule has 0 aliphatic carbocycles. The first-order valence-electron chi connectivity index (χ1n) is 10.6. The summed E-state index contributed by atoms with van der Waals surface area (Å²) in [4.78, 5) is 23.0. The van der Waals surface area contributed by atoms with Crippen molar-refractivity contribution >= 4 is 28.6 Å². The maximum absolute atomic E-state index is 11.1. The summed E-state index contributed by atoms with van der Waals surface area (Å²) in [6.45, 7) is 4.67. The van der Waals surface area contributed by atoms with E-state index in [1.54, 1.807) is 12.1 Å². The zero-order chi connectivity index (χ0) is 21.2. The topological polar surface area (TPSA) is 131 Å². The van der Waals surface area contributed by atoms with E-state index in [0.717, 1.165) is 61.6 Å². The van der Waals surface area contributed by atoms with Crippen molar-refractivity contribution < 1.29 is 14.1 Å². The Labute approximate surface area is 179 Å². The van der Waals surface area contributed by atoms with Gasteiger partial charge in [-0.15, -0.1) is 0 Å². The third-order valence-electron chi connectivity index (χ3n) is 5.77. The highest BCUT2D eigenvalue weighted by molar-refractivity contribution is 5.89. The number of anilines is 2. The zero-order valence-corrected chi connectivity index (χ0v) is 17.1. The van der Waals surface area contributed by atoms with Crippen LogP contribution in [0.25, 0.3) is 22.5 Å². The predicted molar refractivity (Wildman–Crippen MR) is 116 cm³/mol. The van der Waals surface area contributed by atoms with Gasteiger partial charge in [0.15, 0.2) is 11.6 Å². The number of piperidine rings is 1. The number of nitrogens with one attached hydrogen (secondary N) is 2. The van der Waals surface area contributed by atoms with Crippen LogP contribution >= 0.6 is 0 Å². The van der Waals surface area contributed by atoms with Crippen molar-refractivity contribution in [3.8, 4) is 11.4 Å². The molecule has 4 heterocycles. The average molecular weight is 423 g/mol. The third-order valence-corrected chi connectivity index (χ3v) is 5.77. The van der Waals surface area contributed by atoms with E-state index >= 15 is 0 Å². The maximum atomic E-state index is 11.1. The summed E-state index contributed by atoms with van der Waals surface area (Å²) >= 11 is 0. The summed E-state index contributed by atoms with van der Waals surface area (Å²) < 4.78 is 11.3. The summed E-state index contributed by atoms with van der Waals surface area (Å²) in [5.41, 5.74) is 8.97. The van der Waals surface area contributed by atoms with Gasteiger partial charge < -0.3 is 30.5 Å². The molecule has 0 unspecified atom stereocenters. The molecule has 31 heavy (non-hydrogen) atoms. The highest BCUT2D eigenvalue weighted by Gasteiger charge is 2.27. The minimum absolute atomic E-state index is 0.310.